The van der Waals surface area contributed by atoms with Gasteiger partial charge in [0.2, 0.25) is 5.91 Å². The Bertz CT molecular complexity index is 860. The SMILES string of the molecule is CCn1c(SCC(=O)NC(=O)c2cccs2)nnc1-c1ccccc1. The first-order valence-corrected chi connectivity index (χ1v) is 9.54. The van der Waals surface area contributed by atoms with Crippen molar-refractivity contribution in [3.05, 3.63) is 52.7 Å². The van der Waals surface area contributed by atoms with E-state index in [4.69, 9.17) is 0 Å². The molecule has 0 fully saturated rings. The summed E-state index contributed by atoms with van der Waals surface area (Å²) in [5.74, 6) is 0.142. The molecule has 2 amide bonds. The van der Waals surface area contributed by atoms with Gasteiger partial charge in [-0.15, -0.1) is 21.5 Å². The highest BCUT2D eigenvalue weighted by molar-refractivity contribution is 7.99. The molecule has 0 saturated carbocycles. The normalized spacial score (nSPS) is 10.6. The van der Waals surface area contributed by atoms with Crippen LogP contribution in [-0.4, -0.2) is 32.3 Å². The molecule has 8 heteroatoms. The van der Waals surface area contributed by atoms with Gasteiger partial charge < -0.3 is 4.57 Å². The zero-order valence-corrected chi connectivity index (χ0v) is 15.1. The van der Waals surface area contributed by atoms with Crippen LogP contribution >= 0.6 is 23.1 Å². The average molecular weight is 372 g/mol. The van der Waals surface area contributed by atoms with Crippen LogP contribution in [0.15, 0.2) is 53.0 Å². The van der Waals surface area contributed by atoms with Gasteiger partial charge in [0.1, 0.15) is 0 Å². The fraction of sp³-hybridized carbons (Fsp3) is 0.176. The third-order valence-corrected chi connectivity index (χ3v) is 5.23. The highest BCUT2D eigenvalue weighted by atomic mass is 32.2. The number of rotatable bonds is 6. The zero-order valence-electron chi connectivity index (χ0n) is 13.5. The fourth-order valence-corrected chi connectivity index (χ4v) is 3.66. The Balaban J connectivity index is 1.64. The average Bonchev–Trinajstić information content (AvgIpc) is 3.30. The molecule has 0 saturated heterocycles. The molecule has 25 heavy (non-hydrogen) atoms. The molecule has 1 N–H and O–H groups in total. The predicted molar refractivity (Wildman–Crippen MR) is 98.6 cm³/mol. The lowest BCUT2D eigenvalue weighted by atomic mass is 10.2. The predicted octanol–water partition coefficient (Wildman–Crippen LogP) is 3.08. The standard InChI is InChI=1S/C17H16N4O2S2/c1-2-21-15(12-7-4-3-5-8-12)19-20-17(21)25-11-14(22)18-16(23)13-9-6-10-24-13/h3-10H,2,11H2,1H3,(H,18,22,23). The van der Waals surface area contributed by atoms with Crippen LogP contribution in [0.1, 0.15) is 16.6 Å². The molecule has 2 aromatic heterocycles. The van der Waals surface area contributed by atoms with Gasteiger partial charge in [0.05, 0.1) is 10.6 Å². The smallest absolute Gasteiger partial charge is 0.267 e. The number of nitrogens with zero attached hydrogens (tertiary/aromatic N) is 3. The molecule has 0 aliphatic heterocycles. The molecular weight excluding hydrogens is 356 g/mol. The van der Waals surface area contributed by atoms with Gasteiger partial charge in [-0.05, 0) is 18.4 Å². The van der Waals surface area contributed by atoms with Gasteiger partial charge in [-0.2, -0.15) is 0 Å². The van der Waals surface area contributed by atoms with Crippen LogP contribution in [0.25, 0.3) is 11.4 Å². The van der Waals surface area contributed by atoms with E-state index in [2.05, 4.69) is 15.5 Å². The summed E-state index contributed by atoms with van der Waals surface area (Å²) in [7, 11) is 0. The van der Waals surface area contributed by atoms with Gasteiger partial charge in [0.25, 0.3) is 5.91 Å². The fourth-order valence-electron chi connectivity index (χ4n) is 2.24. The number of hydrogen-bond acceptors (Lipinski definition) is 6. The molecule has 2 heterocycles. The van der Waals surface area contributed by atoms with Crippen molar-refractivity contribution in [2.24, 2.45) is 0 Å². The second-order valence-corrected chi connectivity index (χ2v) is 6.95. The Morgan fingerprint density at radius 1 is 1.16 bits per heavy atom. The van der Waals surface area contributed by atoms with E-state index in [0.717, 1.165) is 11.4 Å². The van der Waals surface area contributed by atoms with E-state index in [-0.39, 0.29) is 17.6 Å². The van der Waals surface area contributed by atoms with E-state index in [0.29, 0.717) is 16.6 Å². The van der Waals surface area contributed by atoms with E-state index in [1.165, 1.54) is 23.1 Å². The van der Waals surface area contributed by atoms with Crippen molar-refractivity contribution in [2.45, 2.75) is 18.6 Å². The number of hydrogen-bond donors (Lipinski definition) is 1. The van der Waals surface area contributed by atoms with E-state index in [9.17, 15) is 9.59 Å². The second kappa shape index (κ2) is 8.09. The number of aromatic nitrogens is 3. The van der Waals surface area contributed by atoms with Gasteiger partial charge in [-0.3, -0.25) is 14.9 Å². The van der Waals surface area contributed by atoms with Crippen molar-refractivity contribution in [1.29, 1.82) is 0 Å². The number of imide groups is 1. The Hall–Kier alpha value is -2.45. The molecule has 3 rings (SSSR count). The summed E-state index contributed by atoms with van der Waals surface area (Å²) in [6.07, 6.45) is 0. The maximum absolute atomic E-state index is 12.0. The van der Waals surface area contributed by atoms with Crippen molar-refractivity contribution in [2.75, 3.05) is 5.75 Å². The van der Waals surface area contributed by atoms with Gasteiger partial charge >= 0.3 is 0 Å². The number of carbonyl (C=O) groups is 2. The number of nitrogens with one attached hydrogen (secondary N) is 1. The number of amides is 2. The Morgan fingerprint density at radius 2 is 1.96 bits per heavy atom. The van der Waals surface area contributed by atoms with E-state index < -0.39 is 0 Å². The van der Waals surface area contributed by atoms with Crippen molar-refractivity contribution < 1.29 is 9.59 Å². The van der Waals surface area contributed by atoms with Crippen LogP contribution in [0, 0.1) is 0 Å². The molecule has 0 radical (unpaired) electrons. The largest absolute Gasteiger partial charge is 0.302 e. The number of benzene rings is 1. The summed E-state index contributed by atoms with van der Waals surface area (Å²) in [6.45, 7) is 2.69. The number of thioether (sulfide) groups is 1. The summed E-state index contributed by atoms with van der Waals surface area (Å²) in [5.41, 5.74) is 0.973. The monoisotopic (exact) mass is 372 g/mol. The highest BCUT2D eigenvalue weighted by Gasteiger charge is 2.16. The molecule has 0 aliphatic carbocycles. The molecule has 0 spiro atoms. The first-order valence-electron chi connectivity index (χ1n) is 7.68. The lowest BCUT2D eigenvalue weighted by Crippen LogP contribution is -2.31. The lowest BCUT2D eigenvalue weighted by Gasteiger charge is -2.07. The van der Waals surface area contributed by atoms with Gasteiger partial charge in [-0.1, -0.05) is 48.2 Å². The summed E-state index contributed by atoms with van der Waals surface area (Å²) in [6, 6.07) is 13.2. The van der Waals surface area contributed by atoms with E-state index >= 15 is 0 Å². The third kappa shape index (κ3) is 4.15. The maximum Gasteiger partial charge on any atom is 0.267 e. The molecule has 0 bridgehead atoms. The van der Waals surface area contributed by atoms with Crippen molar-refractivity contribution in [1.82, 2.24) is 20.1 Å². The molecule has 0 atom stereocenters. The van der Waals surface area contributed by atoms with Gasteiger partial charge in [0.15, 0.2) is 11.0 Å². The van der Waals surface area contributed by atoms with E-state index in [1.807, 2.05) is 41.8 Å². The molecular formula is C17H16N4O2S2. The maximum atomic E-state index is 12.0. The quantitative estimate of drug-likeness (QED) is 0.673. The molecule has 0 unspecified atom stereocenters. The van der Waals surface area contributed by atoms with Crippen molar-refractivity contribution in [3.63, 3.8) is 0 Å². The molecule has 0 aliphatic rings. The Kier molecular flexibility index (Phi) is 5.62. The Labute approximate surface area is 153 Å². The van der Waals surface area contributed by atoms with Crippen LogP contribution < -0.4 is 5.32 Å². The number of carbonyl (C=O) groups excluding carboxylic acids is 2. The minimum Gasteiger partial charge on any atom is -0.302 e. The van der Waals surface area contributed by atoms with Crippen LogP contribution in [-0.2, 0) is 11.3 Å². The first kappa shape index (κ1) is 17.4. The van der Waals surface area contributed by atoms with Gasteiger partial charge in [-0.25, -0.2) is 0 Å². The summed E-state index contributed by atoms with van der Waals surface area (Å²) < 4.78 is 1.95. The first-order chi connectivity index (χ1) is 12.2. The van der Waals surface area contributed by atoms with Crippen LogP contribution in [0.2, 0.25) is 0 Å². The van der Waals surface area contributed by atoms with Crippen LogP contribution in [0.4, 0.5) is 0 Å². The third-order valence-electron chi connectivity index (χ3n) is 3.40. The summed E-state index contributed by atoms with van der Waals surface area (Å²) in [5, 5.41) is 13.2. The Morgan fingerprint density at radius 3 is 2.64 bits per heavy atom. The highest BCUT2D eigenvalue weighted by Crippen LogP contribution is 2.23. The molecule has 3 aromatic rings. The zero-order chi connectivity index (χ0) is 17.6. The molecule has 6 nitrogen and oxygen atoms in total. The second-order valence-electron chi connectivity index (χ2n) is 5.06. The van der Waals surface area contributed by atoms with E-state index in [1.54, 1.807) is 17.5 Å². The lowest BCUT2D eigenvalue weighted by molar-refractivity contribution is -0.117. The minimum absolute atomic E-state index is 0.101. The van der Waals surface area contributed by atoms with Crippen LogP contribution in [0.3, 0.4) is 0 Å². The topological polar surface area (TPSA) is 76.9 Å². The molecule has 128 valence electrons. The minimum atomic E-state index is -0.373. The van der Waals surface area contributed by atoms with Crippen molar-refractivity contribution in [3.8, 4) is 11.4 Å². The molecule has 1 aromatic carbocycles. The summed E-state index contributed by atoms with van der Waals surface area (Å²) >= 11 is 2.56. The van der Waals surface area contributed by atoms with Gasteiger partial charge in [0, 0.05) is 12.1 Å². The summed E-state index contributed by atoms with van der Waals surface area (Å²) in [4.78, 5) is 24.4. The van der Waals surface area contributed by atoms with Crippen molar-refractivity contribution >= 4 is 34.9 Å². The number of thiophene rings is 1. The van der Waals surface area contributed by atoms with Crippen LogP contribution in [0.5, 0.6) is 0 Å².